The molecular formula is C44H30F6N2. The summed E-state index contributed by atoms with van der Waals surface area (Å²) in [5.41, 5.74) is 4.44. The fraction of sp³-hybridized carbons (Fsp3) is 0.0909. The van der Waals surface area contributed by atoms with Crippen molar-refractivity contribution in [3.63, 3.8) is 0 Å². The van der Waals surface area contributed by atoms with Gasteiger partial charge in [0.15, 0.2) is 0 Å². The minimum Gasteiger partial charge on any atom is -0.264 e. The predicted molar refractivity (Wildman–Crippen MR) is 194 cm³/mol. The maximum atomic E-state index is 15.0. The maximum Gasteiger partial charge on any atom is 0.417 e. The summed E-state index contributed by atoms with van der Waals surface area (Å²) >= 11 is 0. The van der Waals surface area contributed by atoms with E-state index >= 15 is 13.2 Å². The molecule has 2 heterocycles. The lowest BCUT2D eigenvalue weighted by Gasteiger charge is -2.24. The molecule has 0 aliphatic rings. The second-order valence-electron chi connectivity index (χ2n) is 12.6. The SMILES string of the molecule is Cc1cc(C)c(-c2cc(-c3ccccc3)c(-c3cc(-c4cccnc4)c(C(F)(F)F)cc3C(F)(F)F)cc2-c2ccccc2)cc1-c1cccnc1. The van der Waals surface area contributed by atoms with E-state index in [1.54, 1.807) is 48.8 Å². The van der Waals surface area contributed by atoms with Crippen molar-refractivity contribution in [3.05, 3.63) is 168 Å². The Kier molecular flexibility index (Phi) is 9.01. The molecule has 0 bridgehead atoms. The van der Waals surface area contributed by atoms with E-state index in [1.807, 2.05) is 62.4 Å². The number of halogens is 6. The number of nitrogens with zero attached hydrogens (tertiary/aromatic N) is 2. The lowest BCUT2D eigenvalue weighted by Crippen LogP contribution is -2.14. The molecule has 5 aromatic carbocycles. The number of aryl methyl sites for hydroxylation is 2. The van der Waals surface area contributed by atoms with Crippen LogP contribution in [0.5, 0.6) is 0 Å². The van der Waals surface area contributed by atoms with E-state index in [9.17, 15) is 13.2 Å². The van der Waals surface area contributed by atoms with Crippen molar-refractivity contribution in [2.75, 3.05) is 0 Å². The molecule has 0 fully saturated rings. The second-order valence-corrected chi connectivity index (χ2v) is 12.6. The Morgan fingerprint density at radius 2 is 0.769 bits per heavy atom. The molecule has 2 aromatic heterocycles. The fourth-order valence-electron chi connectivity index (χ4n) is 6.79. The summed E-state index contributed by atoms with van der Waals surface area (Å²) in [4.78, 5) is 8.27. The van der Waals surface area contributed by atoms with Crippen molar-refractivity contribution < 1.29 is 26.3 Å². The van der Waals surface area contributed by atoms with Crippen LogP contribution in [0.15, 0.2) is 146 Å². The smallest absolute Gasteiger partial charge is 0.264 e. The highest BCUT2D eigenvalue weighted by molar-refractivity contribution is 5.98. The molecule has 0 unspecified atom stereocenters. The van der Waals surface area contributed by atoms with E-state index in [-0.39, 0.29) is 22.8 Å². The molecule has 0 atom stereocenters. The number of aromatic nitrogens is 2. The summed E-state index contributed by atoms with van der Waals surface area (Å²) < 4.78 is 88.8. The van der Waals surface area contributed by atoms with Crippen LogP contribution >= 0.6 is 0 Å². The molecule has 8 heteroatoms. The maximum absolute atomic E-state index is 15.0. The molecule has 258 valence electrons. The Morgan fingerprint density at radius 3 is 1.25 bits per heavy atom. The van der Waals surface area contributed by atoms with Crippen LogP contribution in [0.3, 0.4) is 0 Å². The third kappa shape index (κ3) is 6.72. The Labute approximate surface area is 297 Å². The van der Waals surface area contributed by atoms with Crippen LogP contribution in [0.1, 0.15) is 22.3 Å². The van der Waals surface area contributed by atoms with Gasteiger partial charge in [0, 0.05) is 35.9 Å². The molecule has 7 rings (SSSR count). The van der Waals surface area contributed by atoms with E-state index in [4.69, 9.17) is 0 Å². The summed E-state index contributed by atoms with van der Waals surface area (Å²) in [6.07, 6.45) is -4.09. The normalized spacial score (nSPS) is 11.8. The lowest BCUT2D eigenvalue weighted by atomic mass is 9.81. The minimum atomic E-state index is -5.12. The molecule has 52 heavy (non-hydrogen) atoms. The molecule has 0 radical (unpaired) electrons. The van der Waals surface area contributed by atoms with Crippen LogP contribution in [0.4, 0.5) is 26.3 Å². The number of alkyl halides is 6. The summed E-state index contributed by atoms with van der Waals surface area (Å²) in [6, 6.07) is 33.8. The van der Waals surface area contributed by atoms with E-state index in [1.165, 1.54) is 24.5 Å². The van der Waals surface area contributed by atoms with Gasteiger partial charge in [-0.3, -0.25) is 9.97 Å². The number of pyridine rings is 2. The van der Waals surface area contributed by atoms with E-state index < -0.39 is 29.0 Å². The number of hydrogen-bond donors (Lipinski definition) is 0. The third-order valence-corrected chi connectivity index (χ3v) is 9.19. The largest absolute Gasteiger partial charge is 0.417 e. The van der Waals surface area contributed by atoms with Gasteiger partial charge >= 0.3 is 12.4 Å². The first-order chi connectivity index (χ1) is 24.9. The Morgan fingerprint density at radius 1 is 0.365 bits per heavy atom. The molecule has 0 aliphatic carbocycles. The zero-order valence-electron chi connectivity index (χ0n) is 28.0. The van der Waals surface area contributed by atoms with E-state index in [2.05, 4.69) is 22.1 Å². The van der Waals surface area contributed by atoms with Gasteiger partial charge in [0.25, 0.3) is 0 Å². The Balaban J connectivity index is 1.62. The fourth-order valence-corrected chi connectivity index (χ4v) is 6.79. The van der Waals surface area contributed by atoms with Crippen LogP contribution < -0.4 is 0 Å². The Bertz CT molecular complexity index is 2370. The van der Waals surface area contributed by atoms with Crippen molar-refractivity contribution in [3.8, 4) is 66.8 Å². The highest BCUT2D eigenvalue weighted by Gasteiger charge is 2.41. The number of rotatable bonds is 6. The van der Waals surface area contributed by atoms with Crippen LogP contribution in [-0.4, -0.2) is 9.97 Å². The highest BCUT2D eigenvalue weighted by Crippen LogP contribution is 2.50. The number of benzene rings is 5. The topological polar surface area (TPSA) is 25.8 Å². The van der Waals surface area contributed by atoms with Crippen LogP contribution in [0, 0.1) is 13.8 Å². The van der Waals surface area contributed by atoms with Gasteiger partial charge in [-0.1, -0.05) is 78.9 Å². The van der Waals surface area contributed by atoms with Crippen molar-refractivity contribution in [2.24, 2.45) is 0 Å². The van der Waals surface area contributed by atoms with E-state index in [0.29, 0.717) is 16.7 Å². The van der Waals surface area contributed by atoms with Crippen LogP contribution in [0.25, 0.3) is 66.8 Å². The van der Waals surface area contributed by atoms with Crippen LogP contribution in [-0.2, 0) is 12.4 Å². The summed E-state index contributed by atoms with van der Waals surface area (Å²) in [7, 11) is 0. The first-order valence-corrected chi connectivity index (χ1v) is 16.4. The molecule has 0 amide bonds. The number of hydrogen-bond acceptors (Lipinski definition) is 2. The quantitative estimate of drug-likeness (QED) is 0.161. The van der Waals surface area contributed by atoms with Crippen molar-refractivity contribution in [1.82, 2.24) is 9.97 Å². The van der Waals surface area contributed by atoms with Crippen LogP contribution in [0.2, 0.25) is 0 Å². The lowest BCUT2D eigenvalue weighted by molar-refractivity contribution is -0.142. The van der Waals surface area contributed by atoms with E-state index in [0.717, 1.165) is 45.0 Å². The van der Waals surface area contributed by atoms with Gasteiger partial charge in [-0.25, -0.2) is 0 Å². The second kappa shape index (κ2) is 13.6. The predicted octanol–water partition coefficient (Wildman–Crippen LogP) is 13.1. The molecule has 2 nitrogen and oxygen atoms in total. The molecule has 0 aliphatic heterocycles. The highest BCUT2D eigenvalue weighted by atomic mass is 19.4. The monoisotopic (exact) mass is 700 g/mol. The van der Waals surface area contributed by atoms with Gasteiger partial charge < -0.3 is 0 Å². The first kappa shape index (κ1) is 34.4. The third-order valence-electron chi connectivity index (χ3n) is 9.19. The van der Waals surface area contributed by atoms with Gasteiger partial charge in [-0.15, -0.1) is 0 Å². The average molecular weight is 701 g/mol. The molecule has 0 N–H and O–H groups in total. The minimum absolute atomic E-state index is 0.0455. The molecular weight excluding hydrogens is 670 g/mol. The van der Waals surface area contributed by atoms with Gasteiger partial charge in [-0.05, 0) is 123 Å². The Hall–Kier alpha value is -6.02. The van der Waals surface area contributed by atoms with Gasteiger partial charge in [0.1, 0.15) is 0 Å². The molecule has 0 spiro atoms. The standard InChI is InChI=1S/C44H30F6N2/c1-27-19-28(2)34(20-33(27)31-15-9-17-51-25-31)38-21-36(30-13-7-4-8-14-30)39(22-35(38)29-11-5-3-6-12-29)40-23-37(32-16-10-18-52-26-32)41(43(45,46)47)24-42(40)44(48,49)50/h3-26H,1-2H3. The van der Waals surface area contributed by atoms with Gasteiger partial charge in [0.05, 0.1) is 11.1 Å². The van der Waals surface area contributed by atoms with Gasteiger partial charge in [0.2, 0.25) is 0 Å². The van der Waals surface area contributed by atoms with Crippen molar-refractivity contribution >= 4 is 0 Å². The summed E-state index contributed by atoms with van der Waals surface area (Å²) in [5, 5.41) is 0. The first-order valence-electron chi connectivity index (χ1n) is 16.4. The average Bonchev–Trinajstić information content (AvgIpc) is 3.14. The molecule has 0 saturated heterocycles. The summed E-state index contributed by atoms with van der Waals surface area (Å²) in [5.74, 6) is 0. The zero-order chi connectivity index (χ0) is 36.6. The van der Waals surface area contributed by atoms with Gasteiger partial charge in [-0.2, -0.15) is 26.3 Å². The molecule has 0 saturated carbocycles. The zero-order valence-corrected chi connectivity index (χ0v) is 28.0. The van der Waals surface area contributed by atoms with Crippen molar-refractivity contribution in [2.45, 2.75) is 26.2 Å². The molecule has 7 aromatic rings. The van der Waals surface area contributed by atoms with Crippen molar-refractivity contribution in [1.29, 1.82) is 0 Å². The summed E-state index contributed by atoms with van der Waals surface area (Å²) in [6.45, 7) is 4.00.